The van der Waals surface area contributed by atoms with E-state index < -0.39 is 0 Å². The molecule has 2 nitrogen and oxygen atoms in total. The first-order valence-electron chi connectivity index (χ1n) is 7.20. The maximum Gasteiger partial charge on any atom is 0.237 e. The smallest absolute Gasteiger partial charge is 0.237 e. The summed E-state index contributed by atoms with van der Waals surface area (Å²) in [4.78, 5) is 12.3. The molecule has 0 saturated carbocycles. The van der Waals surface area contributed by atoms with Gasteiger partial charge < -0.3 is 5.32 Å². The summed E-state index contributed by atoms with van der Waals surface area (Å²) in [7, 11) is 0. The molecule has 2 aromatic rings. The molecular formula is C18H20ClNOS. The SMILES string of the molecule is Cc1ccc(NC(=O)C(C)SCc2cccc(Cl)c2)c(C)c1. The van der Waals surface area contributed by atoms with Gasteiger partial charge in [-0.05, 0) is 50.1 Å². The summed E-state index contributed by atoms with van der Waals surface area (Å²) in [6.45, 7) is 5.97. The third-order valence-corrected chi connectivity index (χ3v) is 4.85. The van der Waals surface area contributed by atoms with Crippen molar-refractivity contribution in [1.29, 1.82) is 0 Å². The maximum atomic E-state index is 12.3. The Morgan fingerprint density at radius 3 is 2.68 bits per heavy atom. The van der Waals surface area contributed by atoms with E-state index in [9.17, 15) is 4.79 Å². The third kappa shape index (κ3) is 4.79. The number of halogens is 1. The Morgan fingerprint density at radius 1 is 1.23 bits per heavy atom. The Kier molecular flexibility index (Phi) is 5.92. The quantitative estimate of drug-likeness (QED) is 0.813. The first kappa shape index (κ1) is 16.9. The minimum Gasteiger partial charge on any atom is -0.325 e. The van der Waals surface area contributed by atoms with E-state index >= 15 is 0 Å². The Balaban J connectivity index is 1.92. The summed E-state index contributed by atoms with van der Waals surface area (Å²) in [5, 5.41) is 3.60. The second kappa shape index (κ2) is 7.70. The summed E-state index contributed by atoms with van der Waals surface area (Å²) in [6.07, 6.45) is 0. The van der Waals surface area contributed by atoms with Crippen molar-refractivity contribution in [2.75, 3.05) is 5.32 Å². The molecule has 1 unspecified atom stereocenters. The van der Waals surface area contributed by atoms with E-state index in [4.69, 9.17) is 11.6 Å². The molecule has 1 amide bonds. The molecule has 0 radical (unpaired) electrons. The van der Waals surface area contributed by atoms with Crippen LogP contribution in [-0.4, -0.2) is 11.2 Å². The first-order valence-corrected chi connectivity index (χ1v) is 8.62. The lowest BCUT2D eigenvalue weighted by Gasteiger charge is -2.14. The summed E-state index contributed by atoms with van der Waals surface area (Å²) in [5.41, 5.74) is 4.29. The lowest BCUT2D eigenvalue weighted by atomic mass is 10.1. The van der Waals surface area contributed by atoms with Crippen molar-refractivity contribution in [3.05, 3.63) is 64.2 Å². The highest BCUT2D eigenvalue weighted by atomic mass is 35.5. The number of carbonyl (C=O) groups excluding carboxylic acids is 1. The Labute approximate surface area is 141 Å². The van der Waals surface area contributed by atoms with Gasteiger partial charge in [0.15, 0.2) is 0 Å². The zero-order chi connectivity index (χ0) is 16.1. The van der Waals surface area contributed by atoms with Crippen molar-refractivity contribution >= 4 is 35.0 Å². The number of nitrogens with one attached hydrogen (secondary N) is 1. The molecule has 0 aliphatic carbocycles. The first-order chi connectivity index (χ1) is 10.5. The van der Waals surface area contributed by atoms with Gasteiger partial charge in [0.25, 0.3) is 0 Å². The van der Waals surface area contributed by atoms with Crippen LogP contribution in [0.15, 0.2) is 42.5 Å². The number of benzene rings is 2. The molecule has 22 heavy (non-hydrogen) atoms. The van der Waals surface area contributed by atoms with Gasteiger partial charge in [-0.1, -0.05) is 41.4 Å². The van der Waals surface area contributed by atoms with Crippen LogP contribution in [-0.2, 0) is 10.5 Å². The molecule has 2 aromatic carbocycles. The summed E-state index contributed by atoms with van der Waals surface area (Å²) >= 11 is 7.58. The van der Waals surface area contributed by atoms with E-state index in [-0.39, 0.29) is 11.2 Å². The Morgan fingerprint density at radius 2 is 2.00 bits per heavy atom. The van der Waals surface area contributed by atoms with Gasteiger partial charge in [0.05, 0.1) is 5.25 Å². The fourth-order valence-corrected chi connectivity index (χ4v) is 3.16. The molecule has 116 valence electrons. The van der Waals surface area contributed by atoms with Crippen LogP contribution in [0.25, 0.3) is 0 Å². The number of aryl methyl sites for hydroxylation is 2. The molecule has 2 rings (SSSR count). The van der Waals surface area contributed by atoms with Gasteiger partial charge in [0, 0.05) is 16.5 Å². The number of anilines is 1. The van der Waals surface area contributed by atoms with Gasteiger partial charge in [-0.3, -0.25) is 4.79 Å². The molecule has 0 bridgehead atoms. The van der Waals surface area contributed by atoms with Crippen molar-refractivity contribution in [3.63, 3.8) is 0 Å². The van der Waals surface area contributed by atoms with Crippen LogP contribution in [0.2, 0.25) is 5.02 Å². The van der Waals surface area contributed by atoms with E-state index in [0.29, 0.717) is 0 Å². The van der Waals surface area contributed by atoms with Crippen LogP contribution < -0.4 is 5.32 Å². The molecule has 0 aliphatic heterocycles. The van der Waals surface area contributed by atoms with Crippen LogP contribution in [0.3, 0.4) is 0 Å². The number of hydrogen-bond donors (Lipinski definition) is 1. The normalized spacial score (nSPS) is 12.0. The topological polar surface area (TPSA) is 29.1 Å². The van der Waals surface area contributed by atoms with Crippen LogP contribution in [0.4, 0.5) is 5.69 Å². The highest BCUT2D eigenvalue weighted by Gasteiger charge is 2.14. The highest BCUT2D eigenvalue weighted by molar-refractivity contribution is 7.99. The predicted molar refractivity (Wildman–Crippen MR) is 96.8 cm³/mol. The number of carbonyl (C=O) groups is 1. The van der Waals surface area contributed by atoms with Crippen LogP contribution in [0, 0.1) is 13.8 Å². The van der Waals surface area contributed by atoms with E-state index in [0.717, 1.165) is 27.6 Å². The average Bonchev–Trinajstić information content (AvgIpc) is 2.47. The molecule has 0 aromatic heterocycles. The number of amides is 1. The molecule has 0 aliphatic rings. The second-order valence-electron chi connectivity index (χ2n) is 5.39. The highest BCUT2D eigenvalue weighted by Crippen LogP contribution is 2.22. The van der Waals surface area contributed by atoms with Crippen molar-refractivity contribution in [1.82, 2.24) is 0 Å². The summed E-state index contributed by atoms with van der Waals surface area (Å²) in [5.74, 6) is 0.793. The number of thioether (sulfide) groups is 1. The van der Waals surface area contributed by atoms with E-state index in [1.807, 2.05) is 57.2 Å². The molecular weight excluding hydrogens is 314 g/mol. The Bertz CT molecular complexity index is 672. The number of hydrogen-bond acceptors (Lipinski definition) is 2. The van der Waals surface area contributed by atoms with Crippen LogP contribution >= 0.6 is 23.4 Å². The minimum atomic E-state index is -0.125. The fraction of sp³-hybridized carbons (Fsp3) is 0.278. The molecule has 0 fully saturated rings. The van der Waals surface area contributed by atoms with E-state index in [2.05, 4.69) is 11.4 Å². The molecule has 0 spiro atoms. The van der Waals surface area contributed by atoms with Gasteiger partial charge >= 0.3 is 0 Å². The molecule has 0 saturated heterocycles. The average molecular weight is 334 g/mol. The largest absolute Gasteiger partial charge is 0.325 e. The lowest BCUT2D eigenvalue weighted by molar-refractivity contribution is -0.115. The zero-order valence-electron chi connectivity index (χ0n) is 13.0. The zero-order valence-corrected chi connectivity index (χ0v) is 14.6. The van der Waals surface area contributed by atoms with Crippen molar-refractivity contribution in [3.8, 4) is 0 Å². The summed E-state index contributed by atoms with van der Waals surface area (Å²) < 4.78 is 0. The summed E-state index contributed by atoms with van der Waals surface area (Å²) in [6, 6.07) is 13.8. The van der Waals surface area contributed by atoms with Gasteiger partial charge in [0.2, 0.25) is 5.91 Å². The monoisotopic (exact) mass is 333 g/mol. The Hall–Kier alpha value is -1.45. The molecule has 4 heteroatoms. The predicted octanol–water partition coefficient (Wildman–Crippen LogP) is 5.22. The van der Waals surface area contributed by atoms with Crippen molar-refractivity contribution < 1.29 is 4.79 Å². The van der Waals surface area contributed by atoms with Crippen molar-refractivity contribution in [2.24, 2.45) is 0 Å². The molecule has 0 heterocycles. The van der Waals surface area contributed by atoms with Gasteiger partial charge in [-0.2, -0.15) is 0 Å². The fourth-order valence-electron chi connectivity index (χ4n) is 2.11. The standard InChI is InChI=1S/C18H20ClNOS/c1-12-7-8-17(13(2)9-12)20-18(21)14(3)22-11-15-5-4-6-16(19)10-15/h4-10,14H,11H2,1-3H3,(H,20,21). The van der Waals surface area contributed by atoms with E-state index in [1.165, 1.54) is 5.56 Å². The van der Waals surface area contributed by atoms with Gasteiger partial charge in [0.1, 0.15) is 0 Å². The molecule has 1 atom stereocenters. The van der Waals surface area contributed by atoms with E-state index in [1.54, 1.807) is 11.8 Å². The van der Waals surface area contributed by atoms with Crippen LogP contribution in [0.5, 0.6) is 0 Å². The van der Waals surface area contributed by atoms with Gasteiger partial charge in [-0.25, -0.2) is 0 Å². The van der Waals surface area contributed by atoms with Gasteiger partial charge in [-0.15, -0.1) is 11.8 Å². The number of rotatable bonds is 5. The molecule has 1 N–H and O–H groups in total. The third-order valence-electron chi connectivity index (χ3n) is 3.40. The van der Waals surface area contributed by atoms with Crippen LogP contribution in [0.1, 0.15) is 23.6 Å². The maximum absolute atomic E-state index is 12.3. The van der Waals surface area contributed by atoms with Crippen molar-refractivity contribution in [2.45, 2.75) is 31.8 Å². The second-order valence-corrected chi connectivity index (χ2v) is 7.16. The lowest BCUT2D eigenvalue weighted by Crippen LogP contribution is -2.23. The minimum absolute atomic E-state index is 0.0268.